The Morgan fingerprint density at radius 1 is 0.893 bits per heavy atom. The Hall–Kier alpha value is -2.91. The second-order valence-corrected chi connectivity index (χ2v) is 7.67. The van der Waals surface area contributed by atoms with Crippen molar-refractivity contribution in [3.8, 4) is 11.1 Å². The van der Waals surface area contributed by atoms with Crippen LogP contribution in [0.5, 0.6) is 0 Å². The van der Waals surface area contributed by atoms with E-state index >= 15 is 0 Å². The Morgan fingerprint density at radius 3 is 2.00 bits per heavy atom. The molecule has 3 nitrogen and oxygen atoms in total. The van der Waals surface area contributed by atoms with Crippen molar-refractivity contribution in [2.75, 3.05) is 0 Å². The Kier molecular flexibility index (Phi) is 5.01. The Balaban J connectivity index is 1.58. The monoisotopic (exact) mass is 370 g/mol. The largest absolute Gasteiger partial charge is 0.369 e. The van der Waals surface area contributed by atoms with E-state index in [1.54, 1.807) is 0 Å². The summed E-state index contributed by atoms with van der Waals surface area (Å²) in [6.07, 6.45) is 1.55. The molecule has 0 heterocycles. The molecular weight excluding hydrogens is 344 g/mol. The molecule has 4 rings (SSSR count). The molecular formula is C25H26N2O. The molecule has 1 aliphatic carbocycles. The highest BCUT2D eigenvalue weighted by Crippen LogP contribution is 2.51. The summed E-state index contributed by atoms with van der Waals surface area (Å²) in [5.41, 5.74) is 10.9. The molecule has 3 N–H and O–H groups in total. The van der Waals surface area contributed by atoms with Crippen LogP contribution in [0.1, 0.15) is 36.5 Å². The fourth-order valence-corrected chi connectivity index (χ4v) is 4.41. The number of benzene rings is 3. The highest BCUT2D eigenvalue weighted by Gasteiger charge is 2.47. The minimum Gasteiger partial charge on any atom is -0.369 e. The number of hydrogen-bond acceptors (Lipinski definition) is 2. The minimum absolute atomic E-state index is 0.264. The molecule has 0 fully saturated rings. The second kappa shape index (κ2) is 7.61. The second-order valence-electron chi connectivity index (χ2n) is 7.67. The Bertz CT molecular complexity index is 935. The van der Waals surface area contributed by atoms with Gasteiger partial charge in [0.05, 0.1) is 5.41 Å². The van der Waals surface area contributed by atoms with Crippen LogP contribution in [0.4, 0.5) is 0 Å². The molecule has 1 unspecified atom stereocenters. The van der Waals surface area contributed by atoms with Crippen LogP contribution in [0.25, 0.3) is 11.1 Å². The van der Waals surface area contributed by atoms with Crippen molar-refractivity contribution >= 4 is 5.91 Å². The lowest BCUT2D eigenvalue weighted by Gasteiger charge is -2.30. The maximum Gasteiger partial charge on any atom is 0.232 e. The quantitative estimate of drug-likeness (QED) is 0.648. The predicted octanol–water partition coefficient (Wildman–Crippen LogP) is 4.40. The van der Waals surface area contributed by atoms with E-state index < -0.39 is 5.41 Å². The van der Waals surface area contributed by atoms with E-state index in [2.05, 4.69) is 60.8 Å². The van der Waals surface area contributed by atoms with Crippen molar-refractivity contribution in [1.82, 2.24) is 5.32 Å². The minimum atomic E-state index is -0.754. The van der Waals surface area contributed by atoms with Crippen LogP contribution < -0.4 is 11.1 Å². The van der Waals surface area contributed by atoms with Crippen LogP contribution in [-0.2, 0) is 16.8 Å². The fraction of sp³-hybridized carbons (Fsp3) is 0.240. The molecule has 0 aromatic heterocycles. The van der Waals surface area contributed by atoms with E-state index in [-0.39, 0.29) is 11.9 Å². The summed E-state index contributed by atoms with van der Waals surface area (Å²) in [5, 5.41) is 3.57. The van der Waals surface area contributed by atoms with Crippen molar-refractivity contribution in [3.05, 3.63) is 95.6 Å². The van der Waals surface area contributed by atoms with Gasteiger partial charge in [0.15, 0.2) is 0 Å². The molecule has 0 saturated heterocycles. The summed E-state index contributed by atoms with van der Waals surface area (Å²) >= 11 is 0. The Labute approximate surface area is 166 Å². The van der Waals surface area contributed by atoms with Gasteiger partial charge in [-0.25, -0.2) is 0 Å². The predicted molar refractivity (Wildman–Crippen MR) is 114 cm³/mol. The van der Waals surface area contributed by atoms with Crippen LogP contribution in [0, 0.1) is 0 Å². The van der Waals surface area contributed by atoms with Gasteiger partial charge in [-0.1, -0.05) is 78.9 Å². The number of hydrogen-bond donors (Lipinski definition) is 2. The summed E-state index contributed by atoms with van der Waals surface area (Å²) in [6.45, 7) is 2.99. The first-order valence-corrected chi connectivity index (χ1v) is 9.89. The zero-order valence-electron chi connectivity index (χ0n) is 16.2. The molecule has 3 aromatic carbocycles. The first-order valence-electron chi connectivity index (χ1n) is 9.89. The number of nitrogens with two attached hydrogens (primary N) is 1. The van der Waals surface area contributed by atoms with E-state index in [9.17, 15) is 4.79 Å². The van der Waals surface area contributed by atoms with Crippen LogP contribution in [-0.4, -0.2) is 11.9 Å². The summed E-state index contributed by atoms with van der Waals surface area (Å²) in [7, 11) is 0. The molecule has 0 bridgehead atoms. The van der Waals surface area contributed by atoms with Gasteiger partial charge in [0.25, 0.3) is 0 Å². The smallest absolute Gasteiger partial charge is 0.232 e. The molecule has 3 aromatic rings. The Morgan fingerprint density at radius 2 is 1.43 bits per heavy atom. The molecule has 1 aliphatic rings. The number of primary amides is 1. The summed E-state index contributed by atoms with van der Waals surface area (Å²) in [5.74, 6) is -0.264. The van der Waals surface area contributed by atoms with Gasteiger partial charge in [-0.15, -0.1) is 0 Å². The van der Waals surface area contributed by atoms with Crippen LogP contribution >= 0.6 is 0 Å². The van der Waals surface area contributed by atoms with Crippen molar-refractivity contribution < 1.29 is 4.79 Å². The number of nitrogens with one attached hydrogen (secondary N) is 1. The number of fused-ring (bicyclic) bond motifs is 3. The lowest BCUT2D eigenvalue weighted by atomic mass is 9.73. The van der Waals surface area contributed by atoms with Gasteiger partial charge < -0.3 is 11.1 Å². The fourth-order valence-electron chi connectivity index (χ4n) is 4.41. The lowest BCUT2D eigenvalue weighted by molar-refractivity contribution is -0.122. The van der Waals surface area contributed by atoms with Crippen molar-refractivity contribution in [1.29, 1.82) is 0 Å². The SMILES string of the molecule is CC(CCC1(C(N)=O)c2ccccc2-c2ccccc21)NCc1ccccc1. The maximum atomic E-state index is 12.8. The van der Waals surface area contributed by atoms with Crippen LogP contribution in [0.2, 0.25) is 0 Å². The zero-order chi connectivity index (χ0) is 19.6. The molecule has 0 aliphatic heterocycles. The van der Waals surface area contributed by atoms with E-state index in [1.165, 1.54) is 5.56 Å². The van der Waals surface area contributed by atoms with E-state index in [0.29, 0.717) is 6.42 Å². The molecule has 0 radical (unpaired) electrons. The van der Waals surface area contributed by atoms with E-state index in [4.69, 9.17) is 5.73 Å². The maximum absolute atomic E-state index is 12.8. The lowest BCUT2D eigenvalue weighted by Crippen LogP contribution is -2.42. The molecule has 28 heavy (non-hydrogen) atoms. The summed E-state index contributed by atoms with van der Waals surface area (Å²) in [4.78, 5) is 12.8. The van der Waals surface area contributed by atoms with Gasteiger partial charge in [-0.3, -0.25) is 4.79 Å². The number of carbonyl (C=O) groups excluding carboxylic acids is 1. The highest BCUT2D eigenvalue weighted by molar-refractivity contribution is 5.99. The van der Waals surface area contributed by atoms with E-state index in [1.807, 2.05) is 30.3 Å². The standard InChI is InChI=1S/C25H26N2O/c1-18(27-17-19-9-3-2-4-10-19)15-16-25(24(26)28)22-13-7-5-11-20(22)21-12-6-8-14-23(21)25/h2-14,18,27H,15-17H2,1H3,(H2,26,28). The summed E-state index contributed by atoms with van der Waals surface area (Å²) < 4.78 is 0. The third-order valence-corrected chi connectivity index (χ3v) is 5.93. The average molecular weight is 370 g/mol. The van der Waals surface area contributed by atoms with Gasteiger partial charge in [0.2, 0.25) is 5.91 Å². The number of amides is 1. The molecule has 142 valence electrons. The first kappa shape index (κ1) is 18.5. The molecule has 0 saturated carbocycles. The van der Waals surface area contributed by atoms with Crippen molar-refractivity contribution in [2.45, 2.75) is 37.8 Å². The first-order chi connectivity index (χ1) is 13.6. The highest BCUT2D eigenvalue weighted by atomic mass is 16.1. The zero-order valence-corrected chi connectivity index (χ0v) is 16.2. The van der Waals surface area contributed by atoms with Gasteiger partial charge >= 0.3 is 0 Å². The van der Waals surface area contributed by atoms with Gasteiger partial charge in [0.1, 0.15) is 0 Å². The van der Waals surface area contributed by atoms with Gasteiger partial charge in [-0.05, 0) is 47.6 Å². The third-order valence-electron chi connectivity index (χ3n) is 5.93. The topological polar surface area (TPSA) is 55.1 Å². The molecule has 1 amide bonds. The van der Waals surface area contributed by atoms with E-state index in [0.717, 1.165) is 35.2 Å². The summed E-state index contributed by atoms with van der Waals surface area (Å²) in [6, 6.07) is 27.0. The normalized spacial score (nSPS) is 14.9. The van der Waals surface area contributed by atoms with Gasteiger partial charge in [-0.2, -0.15) is 0 Å². The van der Waals surface area contributed by atoms with Crippen molar-refractivity contribution in [2.24, 2.45) is 5.73 Å². The average Bonchev–Trinajstić information content (AvgIpc) is 3.03. The van der Waals surface area contributed by atoms with Crippen LogP contribution in [0.15, 0.2) is 78.9 Å². The third kappa shape index (κ3) is 3.12. The molecule has 1 atom stereocenters. The number of carbonyl (C=O) groups is 1. The molecule has 0 spiro atoms. The number of rotatable bonds is 7. The van der Waals surface area contributed by atoms with Crippen LogP contribution in [0.3, 0.4) is 0 Å². The molecule has 3 heteroatoms. The van der Waals surface area contributed by atoms with Crippen molar-refractivity contribution in [3.63, 3.8) is 0 Å². The van der Waals surface area contributed by atoms with Gasteiger partial charge in [0, 0.05) is 12.6 Å².